The summed E-state index contributed by atoms with van der Waals surface area (Å²) in [6.45, 7) is 2.23. The molecule has 0 saturated heterocycles. The number of rotatable bonds is 3. The lowest BCUT2D eigenvalue weighted by Crippen LogP contribution is -2.39. The average Bonchev–Trinajstić information content (AvgIpc) is 3.25. The van der Waals surface area contributed by atoms with Gasteiger partial charge in [0.05, 0.1) is 0 Å². The van der Waals surface area contributed by atoms with Gasteiger partial charge in [0, 0.05) is 23.1 Å². The maximum absolute atomic E-state index is 12.7. The number of benzene rings is 2. The van der Waals surface area contributed by atoms with Crippen molar-refractivity contribution in [1.29, 1.82) is 0 Å². The van der Waals surface area contributed by atoms with E-state index in [-0.39, 0.29) is 5.91 Å². The summed E-state index contributed by atoms with van der Waals surface area (Å²) in [4.78, 5) is 29.8. The smallest absolute Gasteiger partial charge is 0.355 e. The van der Waals surface area contributed by atoms with Gasteiger partial charge >= 0.3 is 5.97 Å². The molecule has 25 heavy (non-hydrogen) atoms. The molecule has 0 saturated carbocycles. The highest BCUT2D eigenvalue weighted by Crippen LogP contribution is 2.28. The zero-order chi connectivity index (χ0) is 17.4. The van der Waals surface area contributed by atoms with Crippen LogP contribution in [0, 0.1) is 0 Å². The second-order valence-corrected chi connectivity index (χ2v) is 6.19. The minimum absolute atomic E-state index is 0.200. The molecule has 5 nitrogen and oxygen atoms in total. The molecule has 5 heteroatoms. The van der Waals surface area contributed by atoms with Crippen LogP contribution in [-0.2, 0) is 16.0 Å². The standard InChI is InChI=1S/C20H18N2O3/c1-13(19(23)22-11-10-14-6-3-5-9-18(14)22)25-20(24)17-12-15-7-2-4-8-16(15)21-17/h2-9,12-13,21H,10-11H2,1H3/t13-/m0/s1. The Morgan fingerprint density at radius 2 is 1.88 bits per heavy atom. The topological polar surface area (TPSA) is 62.4 Å². The van der Waals surface area contributed by atoms with E-state index in [0.717, 1.165) is 28.6 Å². The molecule has 0 unspecified atom stereocenters. The molecule has 126 valence electrons. The normalized spacial score (nSPS) is 14.4. The predicted molar refractivity (Wildman–Crippen MR) is 95.7 cm³/mol. The summed E-state index contributed by atoms with van der Waals surface area (Å²) < 4.78 is 5.39. The minimum Gasteiger partial charge on any atom is -0.448 e. The number of nitrogens with one attached hydrogen (secondary N) is 1. The monoisotopic (exact) mass is 334 g/mol. The Morgan fingerprint density at radius 3 is 2.72 bits per heavy atom. The van der Waals surface area contributed by atoms with Crippen molar-refractivity contribution in [3.8, 4) is 0 Å². The van der Waals surface area contributed by atoms with E-state index in [1.165, 1.54) is 0 Å². The van der Waals surface area contributed by atoms with Crippen LogP contribution in [0.2, 0.25) is 0 Å². The summed E-state index contributed by atoms with van der Waals surface area (Å²) in [5, 5.41) is 0.932. The zero-order valence-electron chi connectivity index (χ0n) is 13.9. The number of aromatic nitrogens is 1. The van der Waals surface area contributed by atoms with Crippen LogP contribution in [0.4, 0.5) is 5.69 Å². The maximum Gasteiger partial charge on any atom is 0.355 e. The van der Waals surface area contributed by atoms with Gasteiger partial charge in [-0.25, -0.2) is 4.79 Å². The maximum atomic E-state index is 12.7. The summed E-state index contributed by atoms with van der Waals surface area (Å²) in [7, 11) is 0. The Hall–Kier alpha value is -3.08. The van der Waals surface area contributed by atoms with Crippen LogP contribution >= 0.6 is 0 Å². The number of ether oxygens (including phenoxy) is 1. The Morgan fingerprint density at radius 1 is 1.12 bits per heavy atom. The molecule has 1 atom stereocenters. The summed E-state index contributed by atoms with van der Waals surface area (Å²) >= 11 is 0. The van der Waals surface area contributed by atoms with E-state index >= 15 is 0 Å². The number of hydrogen-bond acceptors (Lipinski definition) is 3. The number of amides is 1. The van der Waals surface area contributed by atoms with E-state index in [2.05, 4.69) is 4.98 Å². The van der Waals surface area contributed by atoms with E-state index in [4.69, 9.17) is 4.74 Å². The number of fused-ring (bicyclic) bond motifs is 2. The minimum atomic E-state index is -0.843. The third-order valence-electron chi connectivity index (χ3n) is 4.53. The first-order valence-corrected chi connectivity index (χ1v) is 8.31. The van der Waals surface area contributed by atoms with Crippen molar-refractivity contribution in [1.82, 2.24) is 4.98 Å². The Balaban J connectivity index is 1.49. The molecular formula is C20H18N2O3. The Kier molecular flexibility index (Phi) is 3.76. The fourth-order valence-corrected chi connectivity index (χ4v) is 3.24. The van der Waals surface area contributed by atoms with Crippen molar-refractivity contribution in [2.24, 2.45) is 0 Å². The molecule has 0 radical (unpaired) electrons. The zero-order valence-corrected chi connectivity index (χ0v) is 13.9. The van der Waals surface area contributed by atoms with Crippen molar-refractivity contribution < 1.29 is 14.3 Å². The average molecular weight is 334 g/mol. The Labute approximate surface area is 145 Å². The van der Waals surface area contributed by atoms with Crippen LogP contribution in [0.25, 0.3) is 10.9 Å². The summed E-state index contributed by atoms with van der Waals surface area (Å²) in [6.07, 6.45) is -0.0185. The van der Waals surface area contributed by atoms with Crippen molar-refractivity contribution in [2.45, 2.75) is 19.4 Å². The number of nitrogens with zero attached hydrogens (tertiary/aromatic N) is 1. The molecule has 1 aliphatic rings. The number of anilines is 1. The van der Waals surface area contributed by atoms with Crippen molar-refractivity contribution in [3.63, 3.8) is 0 Å². The molecule has 0 fully saturated rings. The second kappa shape index (κ2) is 6.09. The fraction of sp³-hybridized carbons (Fsp3) is 0.200. The van der Waals surface area contributed by atoms with Crippen molar-refractivity contribution >= 4 is 28.5 Å². The van der Waals surface area contributed by atoms with Gasteiger partial charge in [-0.2, -0.15) is 0 Å². The first kappa shape index (κ1) is 15.4. The lowest BCUT2D eigenvalue weighted by Gasteiger charge is -2.21. The molecular weight excluding hydrogens is 316 g/mol. The number of para-hydroxylation sites is 2. The van der Waals surface area contributed by atoms with Crippen LogP contribution in [0.3, 0.4) is 0 Å². The van der Waals surface area contributed by atoms with Gasteiger partial charge in [-0.15, -0.1) is 0 Å². The molecule has 1 aromatic heterocycles. The molecule has 3 aromatic rings. The summed E-state index contributed by atoms with van der Waals surface area (Å²) in [6, 6.07) is 17.2. The van der Waals surface area contributed by atoms with Gasteiger partial charge in [0.2, 0.25) is 0 Å². The van der Waals surface area contributed by atoms with Gasteiger partial charge < -0.3 is 14.6 Å². The second-order valence-electron chi connectivity index (χ2n) is 6.19. The van der Waals surface area contributed by atoms with Crippen LogP contribution < -0.4 is 4.90 Å². The SMILES string of the molecule is C[C@H](OC(=O)c1cc2ccccc2[nH]1)C(=O)N1CCc2ccccc21. The van der Waals surface area contributed by atoms with E-state index in [1.807, 2.05) is 48.5 Å². The molecule has 0 spiro atoms. The number of carbonyl (C=O) groups excluding carboxylic acids is 2. The van der Waals surface area contributed by atoms with Crippen LogP contribution in [0.15, 0.2) is 54.6 Å². The molecule has 0 bridgehead atoms. The third-order valence-corrected chi connectivity index (χ3v) is 4.53. The van der Waals surface area contributed by atoms with Gasteiger partial charge in [0.15, 0.2) is 6.10 Å². The number of aromatic amines is 1. The first-order chi connectivity index (χ1) is 12.1. The number of carbonyl (C=O) groups is 2. The van der Waals surface area contributed by atoms with E-state index in [1.54, 1.807) is 17.9 Å². The van der Waals surface area contributed by atoms with Gasteiger partial charge in [-0.05, 0) is 37.1 Å². The summed E-state index contributed by atoms with van der Waals surface area (Å²) in [5.41, 5.74) is 3.26. The number of hydrogen-bond donors (Lipinski definition) is 1. The number of esters is 1. The summed E-state index contributed by atoms with van der Waals surface area (Å²) in [5.74, 6) is -0.723. The van der Waals surface area contributed by atoms with Crippen LogP contribution in [0.1, 0.15) is 23.0 Å². The van der Waals surface area contributed by atoms with Crippen molar-refractivity contribution in [2.75, 3.05) is 11.4 Å². The highest BCUT2D eigenvalue weighted by atomic mass is 16.5. The Bertz CT molecular complexity index is 927. The van der Waals surface area contributed by atoms with Gasteiger partial charge in [-0.1, -0.05) is 36.4 Å². The molecule has 2 heterocycles. The van der Waals surface area contributed by atoms with Crippen molar-refractivity contribution in [3.05, 3.63) is 65.9 Å². The fourth-order valence-electron chi connectivity index (χ4n) is 3.24. The molecule has 1 N–H and O–H groups in total. The van der Waals surface area contributed by atoms with E-state index in [0.29, 0.717) is 12.2 Å². The van der Waals surface area contributed by atoms with Gasteiger partial charge in [0.1, 0.15) is 5.69 Å². The third kappa shape index (κ3) is 2.78. The highest BCUT2D eigenvalue weighted by Gasteiger charge is 2.30. The highest BCUT2D eigenvalue weighted by molar-refractivity contribution is 6.01. The predicted octanol–water partition coefficient (Wildman–Crippen LogP) is 3.30. The van der Waals surface area contributed by atoms with Gasteiger partial charge in [0.25, 0.3) is 5.91 Å². The molecule has 4 rings (SSSR count). The lowest BCUT2D eigenvalue weighted by molar-refractivity contribution is -0.126. The molecule has 2 aromatic carbocycles. The molecule has 1 aliphatic heterocycles. The van der Waals surface area contributed by atoms with Crippen LogP contribution in [-0.4, -0.2) is 29.5 Å². The van der Waals surface area contributed by atoms with E-state index in [9.17, 15) is 9.59 Å². The molecule has 0 aliphatic carbocycles. The van der Waals surface area contributed by atoms with Crippen LogP contribution in [0.5, 0.6) is 0 Å². The number of H-pyrrole nitrogens is 1. The van der Waals surface area contributed by atoms with Gasteiger partial charge in [-0.3, -0.25) is 4.79 Å². The van der Waals surface area contributed by atoms with E-state index < -0.39 is 12.1 Å². The quantitative estimate of drug-likeness (QED) is 0.748. The largest absolute Gasteiger partial charge is 0.448 e. The lowest BCUT2D eigenvalue weighted by atomic mass is 10.2. The molecule has 1 amide bonds. The first-order valence-electron chi connectivity index (χ1n) is 8.31.